The van der Waals surface area contributed by atoms with Gasteiger partial charge >= 0.3 is 0 Å². The molecule has 3 aromatic carbocycles. The minimum absolute atomic E-state index is 0.0817. The number of sulfonamides is 1. The number of carbonyl (C=O) groups excluding carboxylic acids is 1. The number of amides is 1. The second-order valence-corrected chi connectivity index (χ2v) is 10.6. The number of hydrogen-bond donors (Lipinski definition) is 1. The summed E-state index contributed by atoms with van der Waals surface area (Å²) < 4.78 is 28.2. The van der Waals surface area contributed by atoms with Crippen molar-refractivity contribution in [3.63, 3.8) is 0 Å². The highest BCUT2D eigenvalue weighted by atomic mass is 35.5. The van der Waals surface area contributed by atoms with E-state index in [-0.39, 0.29) is 27.4 Å². The molecule has 1 atom stereocenters. The molecule has 0 spiro atoms. The van der Waals surface area contributed by atoms with Crippen LogP contribution in [-0.2, 0) is 29.4 Å². The number of aryl methyl sites for hydroxylation is 1. The summed E-state index contributed by atoms with van der Waals surface area (Å²) in [5.41, 5.74) is 4.69. The van der Waals surface area contributed by atoms with Crippen molar-refractivity contribution >= 4 is 27.5 Å². The Morgan fingerprint density at radius 2 is 1.66 bits per heavy atom. The highest BCUT2D eigenvalue weighted by Gasteiger charge is 2.30. The number of nitrogens with one attached hydrogen (secondary N) is 1. The summed E-state index contributed by atoms with van der Waals surface area (Å²) in [4.78, 5) is 13.1. The summed E-state index contributed by atoms with van der Waals surface area (Å²) in [6.45, 7) is 0.726. The van der Waals surface area contributed by atoms with E-state index in [9.17, 15) is 13.2 Å². The van der Waals surface area contributed by atoms with Crippen LogP contribution >= 0.6 is 11.6 Å². The van der Waals surface area contributed by atoms with E-state index in [2.05, 4.69) is 11.4 Å². The molecule has 0 saturated heterocycles. The van der Waals surface area contributed by atoms with Crippen LogP contribution in [0.5, 0.6) is 0 Å². The Bertz CT molecular complexity index is 1310. The molecule has 5 nitrogen and oxygen atoms in total. The largest absolute Gasteiger partial charge is 0.345 e. The lowest BCUT2D eigenvalue weighted by atomic mass is 10.0. The minimum atomic E-state index is -3.76. The molecule has 1 unspecified atom stereocenters. The lowest BCUT2D eigenvalue weighted by molar-refractivity contribution is 0.0936. The monoisotopic (exact) mass is 466 g/mol. The highest BCUT2D eigenvalue weighted by molar-refractivity contribution is 7.89. The van der Waals surface area contributed by atoms with Gasteiger partial charge in [-0.05, 0) is 59.7 Å². The normalized spacial score (nSPS) is 18.1. The first-order valence-electron chi connectivity index (χ1n) is 10.7. The molecule has 0 fully saturated rings. The van der Waals surface area contributed by atoms with E-state index in [0.29, 0.717) is 19.5 Å². The Hall–Kier alpha value is -2.67. The number of nitrogens with zero attached hydrogens (tertiary/aromatic N) is 1. The molecule has 0 radical (unpaired) electrons. The van der Waals surface area contributed by atoms with E-state index in [1.54, 1.807) is 0 Å². The smallest absolute Gasteiger partial charge is 0.253 e. The maximum atomic E-state index is 13.3. The molecular weight excluding hydrogens is 444 g/mol. The Morgan fingerprint density at radius 1 is 0.938 bits per heavy atom. The molecule has 0 aromatic heterocycles. The number of fused-ring (bicyclic) bond motifs is 2. The van der Waals surface area contributed by atoms with Crippen LogP contribution in [-0.4, -0.2) is 25.2 Å². The second-order valence-electron chi connectivity index (χ2n) is 8.26. The Labute approximate surface area is 193 Å². The third-order valence-corrected chi connectivity index (χ3v) is 8.52. The van der Waals surface area contributed by atoms with Crippen LogP contribution in [0.1, 0.15) is 45.1 Å². The zero-order chi connectivity index (χ0) is 22.3. The lowest BCUT2D eigenvalue weighted by Crippen LogP contribution is -2.36. The Morgan fingerprint density at radius 3 is 2.47 bits per heavy atom. The first-order chi connectivity index (χ1) is 15.4. The third-order valence-electron chi connectivity index (χ3n) is 6.35. The van der Waals surface area contributed by atoms with Gasteiger partial charge in [-0.15, -0.1) is 0 Å². The van der Waals surface area contributed by atoms with E-state index in [4.69, 9.17) is 11.6 Å². The van der Waals surface area contributed by atoms with Crippen LogP contribution in [0.3, 0.4) is 0 Å². The number of hydrogen-bond acceptors (Lipinski definition) is 3. The molecule has 1 aliphatic carbocycles. The number of rotatable bonds is 4. The van der Waals surface area contributed by atoms with E-state index in [1.807, 2.05) is 42.5 Å². The summed E-state index contributed by atoms with van der Waals surface area (Å²) in [5, 5.41) is 3.26. The fourth-order valence-corrected chi connectivity index (χ4v) is 6.25. The maximum Gasteiger partial charge on any atom is 0.253 e. The summed E-state index contributed by atoms with van der Waals surface area (Å²) >= 11 is 6.31. The van der Waals surface area contributed by atoms with Crippen LogP contribution in [0.2, 0.25) is 5.02 Å². The molecule has 2 aliphatic rings. The van der Waals surface area contributed by atoms with Crippen LogP contribution in [0, 0.1) is 0 Å². The Kier molecular flexibility index (Phi) is 5.53. The standard InChI is InChI=1S/C25H23ClN2O3S/c26-23-11-10-20(32(30,31)28-14-13-17-5-1-2-7-19(17)16-28)15-22(23)25(29)27-24-12-9-18-6-3-4-8-21(18)24/h1-8,10-11,15,24H,9,12-14,16H2,(H,27,29). The molecule has 1 amide bonds. The van der Waals surface area contributed by atoms with Crippen LogP contribution in [0.25, 0.3) is 0 Å². The molecular formula is C25H23ClN2O3S. The summed E-state index contributed by atoms with van der Waals surface area (Å²) in [6, 6.07) is 20.2. The SMILES string of the molecule is O=C(NC1CCc2ccccc21)c1cc(S(=O)(=O)N2CCc3ccccc3C2)ccc1Cl. The van der Waals surface area contributed by atoms with Gasteiger partial charge in [0.25, 0.3) is 5.91 Å². The minimum Gasteiger partial charge on any atom is -0.345 e. The number of benzene rings is 3. The van der Waals surface area contributed by atoms with Crippen LogP contribution in [0.4, 0.5) is 0 Å². The van der Waals surface area contributed by atoms with Gasteiger partial charge in [-0.25, -0.2) is 8.42 Å². The van der Waals surface area contributed by atoms with Crippen molar-refractivity contribution in [1.29, 1.82) is 0 Å². The second kappa shape index (κ2) is 8.35. The predicted octanol–water partition coefficient (Wildman–Crippen LogP) is 4.50. The molecule has 164 valence electrons. The van der Waals surface area contributed by atoms with Crippen molar-refractivity contribution in [1.82, 2.24) is 9.62 Å². The topological polar surface area (TPSA) is 66.5 Å². The van der Waals surface area contributed by atoms with Gasteiger partial charge in [0.1, 0.15) is 0 Å². The molecule has 0 saturated carbocycles. The van der Waals surface area contributed by atoms with E-state index in [1.165, 1.54) is 33.6 Å². The predicted molar refractivity (Wildman–Crippen MR) is 124 cm³/mol. The molecule has 1 heterocycles. The van der Waals surface area contributed by atoms with Crippen molar-refractivity contribution in [2.24, 2.45) is 0 Å². The molecule has 1 N–H and O–H groups in total. The summed E-state index contributed by atoms with van der Waals surface area (Å²) in [6.07, 6.45) is 2.38. The van der Waals surface area contributed by atoms with E-state index < -0.39 is 10.0 Å². The zero-order valence-electron chi connectivity index (χ0n) is 17.4. The quantitative estimate of drug-likeness (QED) is 0.615. The van der Waals surface area contributed by atoms with Gasteiger partial charge < -0.3 is 5.32 Å². The van der Waals surface area contributed by atoms with Crippen LogP contribution < -0.4 is 5.32 Å². The lowest BCUT2D eigenvalue weighted by Gasteiger charge is -2.28. The van der Waals surface area contributed by atoms with Gasteiger partial charge in [-0.1, -0.05) is 60.1 Å². The summed E-state index contributed by atoms with van der Waals surface area (Å²) in [7, 11) is -3.76. The average Bonchev–Trinajstić information content (AvgIpc) is 3.21. The Balaban J connectivity index is 1.40. The number of carbonyl (C=O) groups is 1. The van der Waals surface area contributed by atoms with Crippen molar-refractivity contribution < 1.29 is 13.2 Å². The number of halogens is 1. The fraction of sp³-hybridized carbons (Fsp3) is 0.240. The van der Waals surface area contributed by atoms with E-state index >= 15 is 0 Å². The zero-order valence-corrected chi connectivity index (χ0v) is 19.0. The summed E-state index contributed by atoms with van der Waals surface area (Å²) in [5.74, 6) is -0.363. The van der Waals surface area contributed by atoms with Gasteiger partial charge in [-0.3, -0.25) is 4.79 Å². The molecule has 5 rings (SSSR count). The van der Waals surface area contributed by atoms with Crippen molar-refractivity contribution in [3.8, 4) is 0 Å². The van der Waals surface area contributed by atoms with Gasteiger partial charge in [0.05, 0.1) is 21.5 Å². The van der Waals surface area contributed by atoms with Crippen molar-refractivity contribution in [3.05, 3.63) is 99.6 Å². The van der Waals surface area contributed by atoms with E-state index in [0.717, 1.165) is 24.0 Å². The van der Waals surface area contributed by atoms with Gasteiger partial charge in [0.15, 0.2) is 0 Å². The maximum absolute atomic E-state index is 13.3. The first-order valence-corrected chi connectivity index (χ1v) is 12.5. The third kappa shape index (κ3) is 3.83. The average molecular weight is 467 g/mol. The van der Waals surface area contributed by atoms with Gasteiger partial charge in [-0.2, -0.15) is 4.31 Å². The highest BCUT2D eigenvalue weighted by Crippen LogP contribution is 2.32. The molecule has 7 heteroatoms. The van der Waals surface area contributed by atoms with Crippen LogP contribution in [0.15, 0.2) is 71.6 Å². The molecule has 32 heavy (non-hydrogen) atoms. The van der Waals surface area contributed by atoms with Crippen molar-refractivity contribution in [2.45, 2.75) is 36.7 Å². The molecule has 0 bridgehead atoms. The molecule has 1 aliphatic heterocycles. The molecule has 3 aromatic rings. The van der Waals surface area contributed by atoms with Gasteiger partial charge in [0, 0.05) is 13.1 Å². The van der Waals surface area contributed by atoms with Crippen molar-refractivity contribution in [2.75, 3.05) is 6.54 Å². The first kappa shape index (κ1) is 21.2. The fourth-order valence-electron chi connectivity index (χ4n) is 4.61. The van der Waals surface area contributed by atoms with Gasteiger partial charge in [0.2, 0.25) is 10.0 Å².